The maximum absolute atomic E-state index is 11.3. The van der Waals surface area contributed by atoms with Gasteiger partial charge in [-0.15, -0.1) is 0 Å². The highest BCUT2D eigenvalue weighted by Gasteiger charge is 2.08. The van der Waals surface area contributed by atoms with Crippen LogP contribution in [0.3, 0.4) is 0 Å². The molecule has 98 valence electrons. The summed E-state index contributed by atoms with van der Waals surface area (Å²) in [5, 5.41) is 2.58. The fraction of sp³-hybridized carbons (Fsp3) is 0.385. The topological polar surface area (TPSA) is 81.4 Å². The smallest absolute Gasteiger partial charge is 0.407 e. The maximum atomic E-state index is 11.3. The Kier molecular flexibility index (Phi) is 5.70. The zero-order valence-electron chi connectivity index (χ0n) is 10.4. The van der Waals surface area contributed by atoms with Crippen molar-refractivity contribution in [3.63, 3.8) is 0 Å². The molecule has 0 aliphatic heterocycles. The molecule has 0 spiro atoms. The van der Waals surface area contributed by atoms with Crippen molar-refractivity contribution in [1.82, 2.24) is 5.32 Å². The number of benzene rings is 1. The number of unbranched alkanes of at least 4 members (excludes halogenated alkanes) is 1. The van der Waals surface area contributed by atoms with Gasteiger partial charge >= 0.3 is 6.09 Å². The highest BCUT2D eigenvalue weighted by Crippen LogP contribution is 2.07. The van der Waals surface area contributed by atoms with Crippen LogP contribution in [0.1, 0.15) is 35.7 Å². The predicted molar refractivity (Wildman–Crippen MR) is 68.1 cm³/mol. The Morgan fingerprint density at radius 3 is 2.72 bits per heavy atom. The van der Waals surface area contributed by atoms with Gasteiger partial charge in [0.2, 0.25) is 5.91 Å². The Hall–Kier alpha value is -2.04. The van der Waals surface area contributed by atoms with Gasteiger partial charge in [0.1, 0.15) is 0 Å². The van der Waals surface area contributed by atoms with E-state index in [2.05, 4.69) is 5.32 Å². The third-order valence-electron chi connectivity index (χ3n) is 2.44. The Morgan fingerprint density at radius 1 is 1.33 bits per heavy atom. The number of nitrogens with one attached hydrogen (secondary N) is 1. The van der Waals surface area contributed by atoms with Crippen LogP contribution in [0.5, 0.6) is 0 Å². The monoisotopic (exact) mass is 250 g/mol. The first-order valence-electron chi connectivity index (χ1n) is 5.93. The summed E-state index contributed by atoms with van der Waals surface area (Å²) in [7, 11) is 0. The normalized spacial score (nSPS) is 9.83. The summed E-state index contributed by atoms with van der Waals surface area (Å²) < 4.78 is 4.94. The van der Waals surface area contributed by atoms with E-state index in [1.165, 1.54) is 0 Å². The third kappa shape index (κ3) is 4.45. The van der Waals surface area contributed by atoms with Gasteiger partial charge in [-0.3, -0.25) is 4.79 Å². The fourth-order valence-electron chi connectivity index (χ4n) is 1.44. The van der Waals surface area contributed by atoms with Crippen molar-refractivity contribution in [2.24, 2.45) is 5.73 Å². The van der Waals surface area contributed by atoms with Crippen LogP contribution in [0.25, 0.3) is 0 Å². The molecule has 5 nitrogen and oxygen atoms in total. The van der Waals surface area contributed by atoms with Gasteiger partial charge in [0.15, 0.2) is 0 Å². The van der Waals surface area contributed by atoms with Gasteiger partial charge in [-0.25, -0.2) is 4.79 Å². The number of amides is 2. The molecule has 5 heteroatoms. The molecule has 0 aliphatic rings. The summed E-state index contributed by atoms with van der Waals surface area (Å²) in [5.41, 5.74) is 6.32. The molecule has 0 aliphatic carbocycles. The molecule has 0 bridgehead atoms. The Labute approximate surface area is 106 Å². The molecule has 0 heterocycles. The average Bonchev–Trinajstić information content (AvgIpc) is 2.37. The summed E-state index contributed by atoms with van der Waals surface area (Å²) in [5.74, 6) is -0.508. The Bertz CT molecular complexity index is 418. The number of primary amides is 1. The van der Waals surface area contributed by atoms with E-state index in [4.69, 9.17) is 10.5 Å². The van der Waals surface area contributed by atoms with E-state index >= 15 is 0 Å². The number of hydrogen-bond acceptors (Lipinski definition) is 3. The van der Waals surface area contributed by atoms with Gasteiger partial charge in [0.25, 0.3) is 0 Å². The first kappa shape index (κ1) is 14.0. The van der Waals surface area contributed by atoms with Gasteiger partial charge in [-0.1, -0.05) is 31.5 Å². The summed E-state index contributed by atoms with van der Waals surface area (Å²) in [6.07, 6.45) is 1.33. The lowest BCUT2D eigenvalue weighted by atomic mass is 10.1. The molecule has 1 rings (SSSR count). The molecule has 0 unspecified atom stereocenters. The molecule has 1 aromatic carbocycles. The average molecular weight is 250 g/mol. The number of nitrogens with two attached hydrogens (primary N) is 1. The lowest BCUT2D eigenvalue weighted by Crippen LogP contribution is -2.25. The van der Waals surface area contributed by atoms with Gasteiger partial charge < -0.3 is 15.8 Å². The molecule has 0 atom stereocenters. The maximum Gasteiger partial charge on any atom is 0.407 e. The van der Waals surface area contributed by atoms with E-state index in [1.54, 1.807) is 24.3 Å². The van der Waals surface area contributed by atoms with E-state index in [9.17, 15) is 9.59 Å². The van der Waals surface area contributed by atoms with Crippen LogP contribution in [0.15, 0.2) is 24.3 Å². The zero-order chi connectivity index (χ0) is 13.4. The van der Waals surface area contributed by atoms with Crippen LogP contribution in [0.2, 0.25) is 0 Å². The van der Waals surface area contributed by atoms with Gasteiger partial charge in [-0.05, 0) is 18.1 Å². The van der Waals surface area contributed by atoms with E-state index in [0.717, 1.165) is 12.8 Å². The van der Waals surface area contributed by atoms with E-state index < -0.39 is 12.0 Å². The molecule has 0 radical (unpaired) electrons. The van der Waals surface area contributed by atoms with Crippen LogP contribution >= 0.6 is 0 Å². The second-order valence-electron chi connectivity index (χ2n) is 3.86. The van der Waals surface area contributed by atoms with Crippen molar-refractivity contribution in [1.29, 1.82) is 0 Å². The van der Waals surface area contributed by atoms with E-state index in [-0.39, 0.29) is 6.54 Å². The zero-order valence-corrected chi connectivity index (χ0v) is 10.4. The standard InChI is InChI=1S/C13H18N2O3/c1-2-3-8-18-13(17)15-9-10-6-4-5-7-11(10)12(14)16/h4-7H,2-3,8-9H2,1H3,(H2,14,16)(H,15,17). The van der Waals surface area contributed by atoms with Gasteiger partial charge in [-0.2, -0.15) is 0 Å². The molecule has 0 fully saturated rings. The van der Waals surface area contributed by atoms with Crippen LogP contribution in [-0.2, 0) is 11.3 Å². The molecule has 2 amide bonds. The highest BCUT2D eigenvalue weighted by atomic mass is 16.5. The van der Waals surface area contributed by atoms with Crippen LogP contribution in [-0.4, -0.2) is 18.6 Å². The molecular formula is C13H18N2O3. The molecule has 0 saturated carbocycles. The minimum atomic E-state index is -0.508. The van der Waals surface area contributed by atoms with Crippen molar-refractivity contribution in [3.8, 4) is 0 Å². The number of carbonyl (C=O) groups is 2. The lowest BCUT2D eigenvalue weighted by Gasteiger charge is -2.08. The largest absolute Gasteiger partial charge is 0.450 e. The lowest BCUT2D eigenvalue weighted by molar-refractivity contribution is 0.0998. The highest BCUT2D eigenvalue weighted by molar-refractivity contribution is 5.94. The first-order valence-corrected chi connectivity index (χ1v) is 5.93. The molecule has 0 aromatic heterocycles. The molecule has 3 N–H and O–H groups in total. The van der Waals surface area contributed by atoms with Crippen molar-refractivity contribution in [3.05, 3.63) is 35.4 Å². The number of rotatable bonds is 6. The molecule has 18 heavy (non-hydrogen) atoms. The van der Waals surface area contributed by atoms with Crippen molar-refractivity contribution in [2.75, 3.05) is 6.61 Å². The summed E-state index contributed by atoms with van der Waals surface area (Å²) in [4.78, 5) is 22.5. The molecule has 0 saturated heterocycles. The molecule has 1 aromatic rings. The van der Waals surface area contributed by atoms with Crippen molar-refractivity contribution >= 4 is 12.0 Å². The minimum absolute atomic E-state index is 0.226. The summed E-state index contributed by atoms with van der Waals surface area (Å²) >= 11 is 0. The second kappa shape index (κ2) is 7.32. The number of carbonyl (C=O) groups excluding carboxylic acids is 2. The number of ether oxygens (including phenoxy) is 1. The Morgan fingerprint density at radius 2 is 2.06 bits per heavy atom. The number of hydrogen-bond donors (Lipinski definition) is 2. The van der Waals surface area contributed by atoms with E-state index in [0.29, 0.717) is 17.7 Å². The van der Waals surface area contributed by atoms with Gasteiger partial charge in [0, 0.05) is 12.1 Å². The van der Waals surface area contributed by atoms with Crippen molar-refractivity contribution < 1.29 is 14.3 Å². The fourth-order valence-corrected chi connectivity index (χ4v) is 1.44. The Balaban J connectivity index is 2.48. The minimum Gasteiger partial charge on any atom is -0.450 e. The quantitative estimate of drug-likeness (QED) is 0.755. The van der Waals surface area contributed by atoms with Crippen LogP contribution < -0.4 is 11.1 Å². The SMILES string of the molecule is CCCCOC(=O)NCc1ccccc1C(N)=O. The second-order valence-corrected chi connectivity index (χ2v) is 3.86. The summed E-state index contributed by atoms with van der Waals surface area (Å²) in [6.45, 7) is 2.65. The van der Waals surface area contributed by atoms with Crippen LogP contribution in [0.4, 0.5) is 4.79 Å². The van der Waals surface area contributed by atoms with E-state index in [1.807, 2.05) is 6.92 Å². The van der Waals surface area contributed by atoms with Crippen LogP contribution in [0, 0.1) is 0 Å². The number of alkyl carbamates (subject to hydrolysis) is 1. The molecular weight excluding hydrogens is 232 g/mol. The summed E-state index contributed by atoms with van der Waals surface area (Å²) in [6, 6.07) is 6.88. The van der Waals surface area contributed by atoms with Crippen molar-refractivity contribution in [2.45, 2.75) is 26.3 Å². The first-order chi connectivity index (χ1) is 8.65. The predicted octanol–water partition coefficient (Wildman–Crippen LogP) is 1.81. The third-order valence-corrected chi connectivity index (χ3v) is 2.44. The van der Waals surface area contributed by atoms with Gasteiger partial charge in [0.05, 0.1) is 6.61 Å².